The number of carbonyl (C=O) groups excluding carboxylic acids is 2. The molecule has 3 aromatic rings. The summed E-state index contributed by atoms with van der Waals surface area (Å²) < 4.78 is 17.1. The second-order valence-corrected chi connectivity index (χ2v) is 9.83. The third-order valence-corrected chi connectivity index (χ3v) is 7.38. The Balaban J connectivity index is 1.29. The van der Waals surface area contributed by atoms with E-state index in [4.69, 9.17) is 14.2 Å². The zero-order valence-electron chi connectivity index (χ0n) is 22.1. The van der Waals surface area contributed by atoms with Crippen LogP contribution in [-0.2, 0) is 20.7 Å². The number of benzene rings is 3. The lowest BCUT2D eigenvalue weighted by molar-refractivity contribution is -0.139. The number of ether oxygens (including phenoxy) is 3. The van der Waals surface area contributed by atoms with Crippen molar-refractivity contribution < 1.29 is 23.8 Å². The van der Waals surface area contributed by atoms with Gasteiger partial charge in [-0.1, -0.05) is 54.6 Å². The van der Waals surface area contributed by atoms with Gasteiger partial charge in [0.1, 0.15) is 5.75 Å². The lowest BCUT2D eigenvalue weighted by Gasteiger charge is -2.36. The molecule has 1 saturated heterocycles. The molecule has 2 aliphatic rings. The van der Waals surface area contributed by atoms with E-state index in [-0.39, 0.29) is 24.8 Å². The number of amides is 2. The highest BCUT2D eigenvalue weighted by Gasteiger charge is 2.38. The van der Waals surface area contributed by atoms with Crippen molar-refractivity contribution in [3.63, 3.8) is 0 Å². The number of rotatable bonds is 8. The van der Waals surface area contributed by atoms with Gasteiger partial charge >= 0.3 is 12.0 Å². The Hall–Kier alpha value is -3.84. The fourth-order valence-corrected chi connectivity index (χ4v) is 5.43. The number of allylic oxidation sites excluding steroid dienone is 1. The molecule has 0 spiro atoms. The van der Waals surface area contributed by atoms with Crippen LogP contribution in [0.15, 0.2) is 78.0 Å². The van der Waals surface area contributed by atoms with Gasteiger partial charge < -0.3 is 19.5 Å². The Bertz CT molecular complexity index is 1350. The van der Waals surface area contributed by atoms with E-state index in [1.807, 2.05) is 49.4 Å². The van der Waals surface area contributed by atoms with Crippen molar-refractivity contribution in [1.29, 1.82) is 0 Å². The lowest BCUT2D eigenvalue weighted by Crippen LogP contribution is -2.50. The predicted molar refractivity (Wildman–Crippen MR) is 146 cm³/mol. The normalized spacial score (nSPS) is 21.5. The number of methoxy groups -OCH3 is 1. The smallest absolute Gasteiger partial charge is 0.338 e. The number of hydrogen-bond acceptors (Lipinski definition) is 5. The lowest BCUT2D eigenvalue weighted by atomic mass is 9.94. The van der Waals surface area contributed by atoms with Crippen molar-refractivity contribution in [1.82, 2.24) is 10.2 Å². The standard InChI is InChI=1S/C31H34N2O5/c1-4-37-30(34)28-20(2)33(31(35)32-29(28)22-8-6-5-7-9-22)19-27-15-14-26(38-27)17-21-10-11-24-18-25(36-3)13-12-23(24)16-21/h5-13,16,18,26-27,29H,4,14-15,17,19H2,1-3H3,(H,32,35)/t26-,27-,29?/m0/s1. The van der Waals surface area contributed by atoms with Crippen LogP contribution >= 0.6 is 0 Å². The third-order valence-electron chi connectivity index (χ3n) is 7.38. The van der Waals surface area contributed by atoms with E-state index in [0.29, 0.717) is 17.8 Å². The first-order chi connectivity index (χ1) is 18.5. The number of nitrogens with one attached hydrogen (secondary N) is 1. The highest BCUT2D eigenvalue weighted by molar-refractivity contribution is 5.95. The van der Waals surface area contributed by atoms with Crippen molar-refractivity contribution in [2.75, 3.05) is 20.3 Å². The summed E-state index contributed by atoms with van der Waals surface area (Å²) in [4.78, 5) is 27.8. The summed E-state index contributed by atoms with van der Waals surface area (Å²) in [5.74, 6) is 0.433. The molecule has 0 bridgehead atoms. The summed E-state index contributed by atoms with van der Waals surface area (Å²) in [6, 6.07) is 21.3. The van der Waals surface area contributed by atoms with Gasteiger partial charge in [0.15, 0.2) is 0 Å². The zero-order valence-corrected chi connectivity index (χ0v) is 22.1. The van der Waals surface area contributed by atoms with E-state index in [2.05, 4.69) is 29.6 Å². The Morgan fingerprint density at radius 3 is 2.53 bits per heavy atom. The Labute approximate surface area is 223 Å². The van der Waals surface area contributed by atoms with E-state index in [9.17, 15) is 9.59 Å². The summed E-state index contributed by atoms with van der Waals surface area (Å²) in [5, 5.41) is 5.33. The highest BCUT2D eigenvalue weighted by atomic mass is 16.5. The molecule has 0 radical (unpaired) electrons. The van der Waals surface area contributed by atoms with Crippen molar-refractivity contribution in [3.05, 3.63) is 89.1 Å². The van der Waals surface area contributed by atoms with Gasteiger partial charge in [-0.15, -0.1) is 0 Å². The third kappa shape index (κ3) is 5.38. The van der Waals surface area contributed by atoms with Crippen molar-refractivity contribution in [3.8, 4) is 5.75 Å². The largest absolute Gasteiger partial charge is 0.497 e. The quantitative estimate of drug-likeness (QED) is 0.399. The van der Waals surface area contributed by atoms with Crippen LogP contribution in [0.1, 0.15) is 43.9 Å². The minimum absolute atomic E-state index is 0.0782. The first-order valence-electron chi connectivity index (χ1n) is 13.2. The second-order valence-electron chi connectivity index (χ2n) is 9.83. The molecule has 0 saturated carbocycles. The molecule has 5 rings (SSSR count). The topological polar surface area (TPSA) is 77.1 Å². The first kappa shape index (κ1) is 25.8. The Morgan fingerprint density at radius 2 is 1.76 bits per heavy atom. The second kappa shape index (κ2) is 11.3. The van der Waals surface area contributed by atoms with Crippen molar-refractivity contribution >= 4 is 22.8 Å². The Morgan fingerprint density at radius 1 is 1.03 bits per heavy atom. The molecule has 7 heteroatoms. The van der Waals surface area contributed by atoms with Gasteiger partial charge in [-0.25, -0.2) is 9.59 Å². The predicted octanol–water partition coefficient (Wildman–Crippen LogP) is 5.54. The maximum absolute atomic E-state index is 13.2. The van der Waals surface area contributed by atoms with Crippen LogP contribution in [0.5, 0.6) is 5.75 Å². The molecule has 7 nitrogen and oxygen atoms in total. The molecule has 3 atom stereocenters. The van der Waals surface area contributed by atoms with E-state index in [1.165, 1.54) is 10.9 Å². The number of hydrogen-bond donors (Lipinski definition) is 1. The number of urea groups is 1. The van der Waals surface area contributed by atoms with Crippen molar-refractivity contribution in [2.24, 2.45) is 0 Å². The maximum atomic E-state index is 13.2. The first-order valence-corrected chi connectivity index (χ1v) is 13.2. The molecule has 2 heterocycles. The summed E-state index contributed by atoms with van der Waals surface area (Å²) in [6.07, 6.45) is 2.55. The molecular weight excluding hydrogens is 480 g/mol. The fourth-order valence-electron chi connectivity index (χ4n) is 5.43. The number of carbonyl (C=O) groups is 2. The highest BCUT2D eigenvalue weighted by Crippen LogP contribution is 2.33. The summed E-state index contributed by atoms with van der Waals surface area (Å²) >= 11 is 0. The molecule has 1 fully saturated rings. The molecule has 1 unspecified atom stereocenters. The van der Waals surface area contributed by atoms with Crippen LogP contribution in [0.2, 0.25) is 0 Å². The molecule has 0 aromatic heterocycles. The number of nitrogens with zero attached hydrogens (tertiary/aromatic N) is 1. The van der Waals surface area contributed by atoms with Crippen LogP contribution in [0.3, 0.4) is 0 Å². The minimum Gasteiger partial charge on any atom is -0.497 e. The molecule has 0 aliphatic carbocycles. The number of esters is 1. The Kier molecular flexibility index (Phi) is 7.65. The molecule has 2 aliphatic heterocycles. The SMILES string of the molecule is CCOC(=O)C1=C(C)N(C[C@@H]2CC[C@@H](Cc3ccc4cc(OC)ccc4c3)O2)C(=O)NC1c1ccccc1. The van der Waals surface area contributed by atoms with Gasteiger partial charge in [-0.3, -0.25) is 4.90 Å². The number of fused-ring (bicyclic) bond motifs is 1. The van der Waals surface area contributed by atoms with E-state index >= 15 is 0 Å². The summed E-state index contributed by atoms with van der Waals surface area (Å²) in [7, 11) is 1.67. The molecule has 198 valence electrons. The van der Waals surface area contributed by atoms with Crippen LogP contribution < -0.4 is 10.1 Å². The molecular formula is C31H34N2O5. The van der Waals surface area contributed by atoms with Gasteiger partial charge in [0, 0.05) is 5.70 Å². The van der Waals surface area contributed by atoms with Crippen molar-refractivity contribution in [2.45, 2.75) is 51.4 Å². The average Bonchev–Trinajstić information content (AvgIpc) is 3.37. The molecule has 2 amide bonds. The summed E-state index contributed by atoms with van der Waals surface area (Å²) in [6.45, 7) is 4.25. The van der Waals surface area contributed by atoms with E-state index < -0.39 is 12.0 Å². The van der Waals surface area contributed by atoms with E-state index in [1.54, 1.807) is 18.9 Å². The van der Waals surface area contributed by atoms with Crippen LogP contribution in [-0.4, -0.2) is 49.4 Å². The minimum atomic E-state index is -0.552. The van der Waals surface area contributed by atoms with Gasteiger partial charge in [0.05, 0.1) is 44.1 Å². The van der Waals surface area contributed by atoms with E-state index in [0.717, 1.165) is 36.0 Å². The molecule has 1 N–H and O–H groups in total. The molecule has 38 heavy (non-hydrogen) atoms. The summed E-state index contributed by atoms with van der Waals surface area (Å²) in [5.41, 5.74) is 3.13. The van der Waals surface area contributed by atoms with Crippen LogP contribution in [0.4, 0.5) is 4.79 Å². The molecule has 3 aromatic carbocycles. The van der Waals surface area contributed by atoms with Gasteiger partial charge in [0.25, 0.3) is 0 Å². The van der Waals surface area contributed by atoms with Gasteiger partial charge in [0.2, 0.25) is 0 Å². The maximum Gasteiger partial charge on any atom is 0.338 e. The van der Waals surface area contributed by atoms with Crippen LogP contribution in [0.25, 0.3) is 10.8 Å². The fraction of sp³-hybridized carbons (Fsp3) is 0.355. The monoisotopic (exact) mass is 514 g/mol. The average molecular weight is 515 g/mol. The zero-order chi connectivity index (χ0) is 26.6. The van der Waals surface area contributed by atoms with Gasteiger partial charge in [-0.2, -0.15) is 0 Å². The van der Waals surface area contributed by atoms with Gasteiger partial charge in [-0.05, 0) is 67.1 Å². The van der Waals surface area contributed by atoms with Crippen LogP contribution in [0, 0.1) is 0 Å².